The van der Waals surface area contributed by atoms with E-state index in [0.717, 1.165) is 50.1 Å². The molecule has 1 aromatic carbocycles. The summed E-state index contributed by atoms with van der Waals surface area (Å²) < 4.78 is 6.23. The first kappa shape index (κ1) is 10.9. The van der Waals surface area contributed by atoms with Crippen LogP contribution in [0.1, 0.15) is 24.8 Å². The molecule has 0 aliphatic carbocycles. The lowest BCUT2D eigenvalue weighted by atomic mass is 9.83. The van der Waals surface area contributed by atoms with Crippen molar-refractivity contribution in [1.82, 2.24) is 4.90 Å². The summed E-state index contributed by atoms with van der Waals surface area (Å²) in [4.78, 5) is 2.36. The lowest BCUT2D eigenvalue weighted by Crippen LogP contribution is -2.48. The summed E-state index contributed by atoms with van der Waals surface area (Å²) >= 11 is 0. The number of ether oxygens (including phenoxy) is 1. The van der Waals surface area contributed by atoms with Crippen molar-refractivity contribution >= 4 is 0 Å². The van der Waals surface area contributed by atoms with Gasteiger partial charge in [-0.05, 0) is 56.5 Å². The first-order chi connectivity index (χ1) is 8.17. The Morgan fingerprint density at radius 3 is 2.76 bits per heavy atom. The Morgan fingerprint density at radius 1 is 1.24 bits per heavy atom. The molecule has 3 nitrogen and oxygen atoms in total. The molecule has 1 aromatic rings. The number of hydrogen-bond acceptors (Lipinski definition) is 3. The second-order valence-corrected chi connectivity index (χ2v) is 5.38. The molecule has 17 heavy (non-hydrogen) atoms. The van der Waals surface area contributed by atoms with Gasteiger partial charge in [0.2, 0.25) is 0 Å². The van der Waals surface area contributed by atoms with Crippen LogP contribution in [0.4, 0.5) is 0 Å². The molecule has 1 fully saturated rings. The van der Waals surface area contributed by atoms with E-state index in [1.54, 1.807) is 6.07 Å². The number of phenols is 1. The van der Waals surface area contributed by atoms with Crippen LogP contribution in [-0.4, -0.2) is 35.7 Å². The molecule has 1 spiro atoms. The van der Waals surface area contributed by atoms with Crippen LogP contribution in [0.2, 0.25) is 0 Å². The Hall–Kier alpha value is -1.22. The van der Waals surface area contributed by atoms with Crippen LogP contribution in [0.5, 0.6) is 11.5 Å². The number of hydrogen-bond donors (Lipinski definition) is 1. The van der Waals surface area contributed by atoms with Gasteiger partial charge in [-0.2, -0.15) is 0 Å². The molecule has 1 saturated heterocycles. The molecule has 0 atom stereocenters. The van der Waals surface area contributed by atoms with Crippen molar-refractivity contribution < 1.29 is 9.84 Å². The number of phenolic OH excluding ortho intramolecular Hbond substituents is 1. The van der Waals surface area contributed by atoms with E-state index in [1.165, 1.54) is 0 Å². The van der Waals surface area contributed by atoms with Gasteiger partial charge in [-0.3, -0.25) is 0 Å². The molecule has 2 aliphatic rings. The number of nitrogens with zero attached hydrogens (tertiary/aromatic N) is 1. The molecular formula is C14H19NO2. The topological polar surface area (TPSA) is 32.7 Å². The number of fused-ring (bicyclic) bond motifs is 1. The third-order valence-electron chi connectivity index (χ3n) is 4.12. The Bertz CT molecular complexity index is 422. The number of rotatable bonds is 0. The van der Waals surface area contributed by atoms with E-state index in [-0.39, 0.29) is 5.60 Å². The number of likely N-dealkylation sites (tertiary alicyclic amines) is 1. The van der Waals surface area contributed by atoms with Gasteiger partial charge in [-0.25, -0.2) is 0 Å². The maximum atomic E-state index is 9.46. The Morgan fingerprint density at radius 2 is 2.00 bits per heavy atom. The zero-order valence-corrected chi connectivity index (χ0v) is 10.3. The van der Waals surface area contributed by atoms with Crippen molar-refractivity contribution in [3.8, 4) is 11.5 Å². The van der Waals surface area contributed by atoms with E-state index in [4.69, 9.17) is 4.74 Å². The fourth-order valence-corrected chi connectivity index (χ4v) is 2.89. The number of piperidine rings is 1. The lowest BCUT2D eigenvalue weighted by molar-refractivity contribution is -0.00883. The summed E-state index contributed by atoms with van der Waals surface area (Å²) in [6.45, 7) is 2.24. The highest BCUT2D eigenvalue weighted by Gasteiger charge is 2.38. The number of aryl methyl sites for hydroxylation is 1. The molecular weight excluding hydrogens is 214 g/mol. The lowest BCUT2D eigenvalue weighted by Gasteiger charge is -2.43. The van der Waals surface area contributed by atoms with E-state index in [2.05, 4.69) is 11.9 Å². The minimum atomic E-state index is 0.0521. The molecule has 0 radical (unpaired) electrons. The van der Waals surface area contributed by atoms with Gasteiger partial charge in [0.05, 0.1) is 0 Å². The highest BCUT2D eigenvalue weighted by molar-refractivity contribution is 5.41. The fraction of sp³-hybridized carbons (Fsp3) is 0.571. The van der Waals surface area contributed by atoms with Gasteiger partial charge in [0.15, 0.2) is 0 Å². The summed E-state index contributed by atoms with van der Waals surface area (Å²) in [5.41, 5.74) is 1.20. The third-order valence-corrected chi connectivity index (χ3v) is 4.12. The van der Waals surface area contributed by atoms with Gasteiger partial charge in [0.1, 0.15) is 17.1 Å². The molecule has 92 valence electrons. The van der Waals surface area contributed by atoms with Gasteiger partial charge >= 0.3 is 0 Å². The van der Waals surface area contributed by atoms with Crippen LogP contribution < -0.4 is 4.74 Å². The van der Waals surface area contributed by atoms with Crippen LogP contribution in [0, 0.1) is 0 Å². The maximum Gasteiger partial charge on any atom is 0.123 e. The van der Waals surface area contributed by atoms with Crippen LogP contribution in [0.25, 0.3) is 0 Å². The van der Waals surface area contributed by atoms with E-state index >= 15 is 0 Å². The molecule has 0 aromatic heterocycles. The second kappa shape index (κ2) is 3.91. The van der Waals surface area contributed by atoms with Crippen LogP contribution in [0.3, 0.4) is 0 Å². The van der Waals surface area contributed by atoms with Crippen molar-refractivity contribution in [2.45, 2.75) is 31.3 Å². The van der Waals surface area contributed by atoms with E-state index in [1.807, 2.05) is 12.1 Å². The van der Waals surface area contributed by atoms with Crippen LogP contribution in [-0.2, 0) is 6.42 Å². The van der Waals surface area contributed by atoms with Crippen molar-refractivity contribution in [2.24, 2.45) is 0 Å². The minimum Gasteiger partial charge on any atom is -0.508 e. The zero-order valence-electron chi connectivity index (χ0n) is 10.3. The summed E-state index contributed by atoms with van der Waals surface area (Å²) in [6, 6.07) is 5.45. The molecule has 0 bridgehead atoms. The summed E-state index contributed by atoms with van der Waals surface area (Å²) in [5.74, 6) is 1.31. The van der Waals surface area contributed by atoms with Gasteiger partial charge < -0.3 is 14.7 Å². The standard InChI is InChI=1S/C14H19NO2/c1-15-8-6-14(7-9-15)5-4-11-10-12(16)2-3-13(11)17-14/h2-3,10,16H,4-9H2,1H3. The number of aromatic hydroxyl groups is 1. The SMILES string of the molecule is CN1CCC2(CCc3cc(O)ccc3O2)CC1. The number of benzene rings is 1. The summed E-state index contributed by atoms with van der Waals surface area (Å²) in [6.07, 6.45) is 4.33. The largest absolute Gasteiger partial charge is 0.508 e. The molecule has 0 amide bonds. The van der Waals surface area contributed by atoms with Gasteiger partial charge in [-0.1, -0.05) is 0 Å². The summed E-state index contributed by atoms with van der Waals surface area (Å²) in [5, 5.41) is 9.46. The molecule has 1 N–H and O–H groups in total. The Balaban J connectivity index is 1.83. The third kappa shape index (κ3) is 2.00. The van der Waals surface area contributed by atoms with E-state index < -0.39 is 0 Å². The van der Waals surface area contributed by atoms with E-state index in [0.29, 0.717) is 5.75 Å². The quantitative estimate of drug-likeness (QED) is 0.745. The molecule has 2 heterocycles. The Labute approximate surface area is 102 Å². The molecule has 3 heteroatoms. The normalized spacial score (nSPS) is 23.1. The zero-order chi connectivity index (χ0) is 11.9. The average molecular weight is 233 g/mol. The first-order valence-corrected chi connectivity index (χ1v) is 6.36. The average Bonchev–Trinajstić information content (AvgIpc) is 2.34. The molecule has 3 rings (SSSR count). The maximum absolute atomic E-state index is 9.46. The molecule has 0 saturated carbocycles. The van der Waals surface area contributed by atoms with Gasteiger partial charge in [0, 0.05) is 13.1 Å². The second-order valence-electron chi connectivity index (χ2n) is 5.38. The Kier molecular flexibility index (Phi) is 2.51. The predicted octanol–water partition coefficient (Wildman–Crippen LogP) is 2.18. The van der Waals surface area contributed by atoms with Crippen molar-refractivity contribution in [2.75, 3.05) is 20.1 Å². The summed E-state index contributed by atoms with van der Waals surface area (Å²) in [7, 11) is 2.17. The van der Waals surface area contributed by atoms with Crippen molar-refractivity contribution in [3.05, 3.63) is 23.8 Å². The highest BCUT2D eigenvalue weighted by Crippen LogP contribution is 2.40. The predicted molar refractivity (Wildman–Crippen MR) is 66.5 cm³/mol. The first-order valence-electron chi connectivity index (χ1n) is 6.36. The fourth-order valence-electron chi connectivity index (χ4n) is 2.89. The van der Waals surface area contributed by atoms with Crippen LogP contribution in [0.15, 0.2) is 18.2 Å². The van der Waals surface area contributed by atoms with Crippen LogP contribution >= 0.6 is 0 Å². The highest BCUT2D eigenvalue weighted by atomic mass is 16.5. The van der Waals surface area contributed by atoms with Gasteiger partial charge in [-0.15, -0.1) is 0 Å². The van der Waals surface area contributed by atoms with E-state index in [9.17, 15) is 5.11 Å². The van der Waals surface area contributed by atoms with Gasteiger partial charge in [0.25, 0.3) is 0 Å². The minimum absolute atomic E-state index is 0.0521. The van der Waals surface area contributed by atoms with Crippen molar-refractivity contribution in [3.63, 3.8) is 0 Å². The smallest absolute Gasteiger partial charge is 0.123 e. The van der Waals surface area contributed by atoms with Crippen molar-refractivity contribution in [1.29, 1.82) is 0 Å². The molecule has 0 unspecified atom stereocenters. The monoisotopic (exact) mass is 233 g/mol. The molecule has 2 aliphatic heterocycles.